The highest BCUT2D eigenvalue weighted by atomic mass is 79.9. The van der Waals surface area contributed by atoms with E-state index in [1.165, 1.54) is 0 Å². The molecule has 6 heteroatoms. The van der Waals surface area contributed by atoms with Crippen molar-refractivity contribution in [1.29, 1.82) is 0 Å². The molecule has 0 spiro atoms. The molecule has 0 amide bonds. The smallest absolute Gasteiger partial charge is 0.260 e. The van der Waals surface area contributed by atoms with Crippen LogP contribution in [0.1, 0.15) is 10.7 Å². The second-order valence-corrected chi connectivity index (χ2v) is 8.07. The Kier molecular flexibility index (Phi) is 4.61. The molecule has 4 rings (SSSR count). The van der Waals surface area contributed by atoms with Crippen molar-refractivity contribution in [3.8, 4) is 11.1 Å². The van der Waals surface area contributed by atoms with Gasteiger partial charge in [-0.05, 0) is 36.8 Å². The molecule has 130 valence electrons. The number of nitrogens with zero attached hydrogens (tertiary/aromatic N) is 1. The number of thiophene rings is 1. The number of H-pyrrole nitrogens is 1. The van der Waals surface area contributed by atoms with Crippen molar-refractivity contribution in [2.24, 2.45) is 0 Å². The van der Waals surface area contributed by atoms with Crippen LogP contribution in [0.25, 0.3) is 21.3 Å². The lowest BCUT2D eigenvalue weighted by Crippen LogP contribution is -2.14. The summed E-state index contributed by atoms with van der Waals surface area (Å²) in [5.74, 6) is 0.631. The molecule has 0 radical (unpaired) electrons. The van der Waals surface area contributed by atoms with Gasteiger partial charge in [0.25, 0.3) is 5.56 Å². The van der Waals surface area contributed by atoms with E-state index in [2.05, 4.69) is 31.2 Å². The molecule has 0 saturated carbocycles. The van der Waals surface area contributed by atoms with Gasteiger partial charge in [0, 0.05) is 20.6 Å². The second kappa shape index (κ2) is 7.05. The first-order valence-electron chi connectivity index (χ1n) is 8.19. The molecule has 4 nitrogen and oxygen atoms in total. The Morgan fingerprint density at radius 1 is 1.12 bits per heavy atom. The number of aromatic amines is 1. The van der Waals surface area contributed by atoms with E-state index in [-0.39, 0.29) is 5.56 Å². The van der Waals surface area contributed by atoms with Gasteiger partial charge in [-0.15, -0.1) is 11.3 Å². The third-order valence-electron chi connectivity index (χ3n) is 4.15. The first-order chi connectivity index (χ1) is 12.6. The molecule has 0 bridgehead atoms. The van der Waals surface area contributed by atoms with Crippen molar-refractivity contribution in [2.75, 3.05) is 5.32 Å². The monoisotopic (exact) mass is 425 g/mol. The molecular formula is C20H16BrN3OS. The van der Waals surface area contributed by atoms with Gasteiger partial charge in [-0.25, -0.2) is 4.98 Å². The van der Waals surface area contributed by atoms with Crippen LogP contribution in [0.15, 0.2) is 63.9 Å². The first kappa shape index (κ1) is 17.0. The standard InChI is InChI=1S/C20H16BrN3OS/c1-12-17(13-5-3-2-4-6-13)18-19(25)23-16(24-20(18)26-12)11-22-15-9-7-14(21)8-10-15/h2-10,22H,11H2,1H3,(H,23,24,25). The number of rotatable bonds is 4. The van der Waals surface area contributed by atoms with Gasteiger partial charge in [0.15, 0.2) is 0 Å². The van der Waals surface area contributed by atoms with Crippen molar-refractivity contribution < 1.29 is 0 Å². The molecule has 2 aromatic carbocycles. The van der Waals surface area contributed by atoms with Gasteiger partial charge in [-0.3, -0.25) is 4.79 Å². The number of anilines is 1. The second-order valence-electron chi connectivity index (χ2n) is 5.95. The van der Waals surface area contributed by atoms with Crippen molar-refractivity contribution >= 4 is 43.2 Å². The van der Waals surface area contributed by atoms with Crippen LogP contribution >= 0.6 is 27.3 Å². The molecule has 0 aliphatic carbocycles. The maximum atomic E-state index is 12.7. The van der Waals surface area contributed by atoms with E-state index in [1.54, 1.807) is 11.3 Å². The van der Waals surface area contributed by atoms with Crippen molar-refractivity contribution in [2.45, 2.75) is 13.5 Å². The van der Waals surface area contributed by atoms with Gasteiger partial charge in [0.1, 0.15) is 10.7 Å². The maximum absolute atomic E-state index is 12.7. The predicted octanol–water partition coefficient (Wildman–Crippen LogP) is 5.33. The summed E-state index contributed by atoms with van der Waals surface area (Å²) in [6.07, 6.45) is 0. The predicted molar refractivity (Wildman–Crippen MR) is 112 cm³/mol. The fraction of sp³-hybridized carbons (Fsp3) is 0.100. The number of aryl methyl sites for hydroxylation is 1. The van der Waals surface area contributed by atoms with Gasteiger partial charge in [-0.1, -0.05) is 46.3 Å². The Bertz CT molecular complexity index is 1120. The van der Waals surface area contributed by atoms with Gasteiger partial charge >= 0.3 is 0 Å². The minimum Gasteiger partial charge on any atom is -0.378 e. The van der Waals surface area contributed by atoms with E-state index in [0.29, 0.717) is 17.8 Å². The lowest BCUT2D eigenvalue weighted by molar-refractivity contribution is 0.957. The summed E-state index contributed by atoms with van der Waals surface area (Å²) < 4.78 is 1.03. The summed E-state index contributed by atoms with van der Waals surface area (Å²) in [5, 5.41) is 3.96. The van der Waals surface area contributed by atoms with Crippen LogP contribution in [-0.4, -0.2) is 9.97 Å². The average Bonchev–Trinajstić information content (AvgIpc) is 2.98. The summed E-state index contributed by atoms with van der Waals surface area (Å²) in [7, 11) is 0. The van der Waals surface area contributed by atoms with Crippen LogP contribution in [0.5, 0.6) is 0 Å². The van der Waals surface area contributed by atoms with E-state index in [4.69, 9.17) is 0 Å². The number of aromatic nitrogens is 2. The third-order valence-corrected chi connectivity index (χ3v) is 5.68. The Hall–Kier alpha value is -2.44. The Labute approximate surface area is 163 Å². The Balaban J connectivity index is 1.69. The topological polar surface area (TPSA) is 57.8 Å². The zero-order valence-corrected chi connectivity index (χ0v) is 16.4. The molecule has 0 aliphatic heterocycles. The van der Waals surface area contributed by atoms with E-state index in [9.17, 15) is 4.79 Å². The van der Waals surface area contributed by atoms with Crippen LogP contribution in [0, 0.1) is 6.92 Å². The van der Waals surface area contributed by atoms with Crippen LogP contribution in [0.2, 0.25) is 0 Å². The van der Waals surface area contributed by atoms with E-state index >= 15 is 0 Å². The van der Waals surface area contributed by atoms with Gasteiger partial charge in [0.05, 0.1) is 11.9 Å². The highest BCUT2D eigenvalue weighted by molar-refractivity contribution is 9.10. The molecule has 4 aromatic rings. The summed E-state index contributed by atoms with van der Waals surface area (Å²) in [6, 6.07) is 17.9. The van der Waals surface area contributed by atoms with E-state index in [0.717, 1.165) is 31.0 Å². The summed E-state index contributed by atoms with van der Waals surface area (Å²) in [4.78, 5) is 22.2. The van der Waals surface area contributed by atoms with Crippen LogP contribution in [0.4, 0.5) is 5.69 Å². The summed E-state index contributed by atoms with van der Waals surface area (Å²) >= 11 is 4.98. The number of hydrogen-bond donors (Lipinski definition) is 2. The average molecular weight is 426 g/mol. The normalized spacial score (nSPS) is 11.0. The van der Waals surface area contributed by atoms with Crippen LogP contribution in [-0.2, 0) is 6.54 Å². The molecule has 26 heavy (non-hydrogen) atoms. The van der Waals surface area contributed by atoms with Crippen LogP contribution < -0.4 is 10.9 Å². The molecular weight excluding hydrogens is 410 g/mol. The SMILES string of the molecule is Cc1sc2nc(CNc3ccc(Br)cc3)[nH]c(=O)c2c1-c1ccccc1. The van der Waals surface area contributed by atoms with Crippen molar-refractivity contribution in [3.63, 3.8) is 0 Å². The molecule has 0 fully saturated rings. The zero-order valence-electron chi connectivity index (χ0n) is 14.0. The van der Waals surface area contributed by atoms with Crippen molar-refractivity contribution in [1.82, 2.24) is 9.97 Å². The lowest BCUT2D eigenvalue weighted by atomic mass is 10.0. The maximum Gasteiger partial charge on any atom is 0.260 e. The van der Waals surface area contributed by atoms with Crippen molar-refractivity contribution in [3.05, 3.63) is 80.1 Å². The Morgan fingerprint density at radius 3 is 2.58 bits per heavy atom. The number of hydrogen-bond acceptors (Lipinski definition) is 4. The molecule has 0 unspecified atom stereocenters. The van der Waals surface area contributed by atoms with Gasteiger partial charge in [-0.2, -0.15) is 0 Å². The quantitative estimate of drug-likeness (QED) is 0.464. The lowest BCUT2D eigenvalue weighted by Gasteiger charge is -2.06. The summed E-state index contributed by atoms with van der Waals surface area (Å²) in [5.41, 5.74) is 2.91. The number of halogens is 1. The fourth-order valence-electron chi connectivity index (χ4n) is 2.95. The molecule has 0 saturated heterocycles. The minimum atomic E-state index is -0.0918. The van der Waals surface area contributed by atoms with Crippen LogP contribution in [0.3, 0.4) is 0 Å². The molecule has 0 atom stereocenters. The van der Waals surface area contributed by atoms with Gasteiger partial charge < -0.3 is 10.3 Å². The first-order valence-corrected chi connectivity index (χ1v) is 9.80. The molecule has 2 N–H and O–H groups in total. The fourth-order valence-corrected chi connectivity index (χ4v) is 4.28. The molecule has 0 aliphatic rings. The Morgan fingerprint density at radius 2 is 1.85 bits per heavy atom. The highest BCUT2D eigenvalue weighted by Gasteiger charge is 2.16. The number of benzene rings is 2. The van der Waals surface area contributed by atoms with E-state index in [1.807, 2.05) is 61.5 Å². The number of fused-ring (bicyclic) bond motifs is 1. The molecule has 2 heterocycles. The number of nitrogens with one attached hydrogen (secondary N) is 2. The largest absolute Gasteiger partial charge is 0.378 e. The highest BCUT2D eigenvalue weighted by Crippen LogP contribution is 2.35. The zero-order chi connectivity index (χ0) is 18.1. The van der Waals surface area contributed by atoms with E-state index < -0.39 is 0 Å². The van der Waals surface area contributed by atoms with Gasteiger partial charge in [0.2, 0.25) is 0 Å². The molecule has 2 aromatic heterocycles. The third kappa shape index (κ3) is 3.30. The summed E-state index contributed by atoms with van der Waals surface area (Å²) in [6.45, 7) is 2.50. The minimum absolute atomic E-state index is 0.0918.